The maximum atomic E-state index is 13.0. The van der Waals surface area contributed by atoms with E-state index in [2.05, 4.69) is 15.5 Å². The van der Waals surface area contributed by atoms with Crippen LogP contribution in [0.4, 0.5) is 4.39 Å². The van der Waals surface area contributed by atoms with Gasteiger partial charge in [-0.15, -0.1) is 0 Å². The van der Waals surface area contributed by atoms with E-state index in [1.54, 1.807) is 31.5 Å². The Kier molecular flexibility index (Phi) is 4.85. The van der Waals surface area contributed by atoms with Gasteiger partial charge in [0.2, 0.25) is 0 Å². The van der Waals surface area contributed by atoms with Crippen molar-refractivity contribution in [2.75, 3.05) is 0 Å². The second-order valence-corrected chi connectivity index (χ2v) is 5.58. The Labute approximate surface area is 143 Å². The molecule has 0 spiro atoms. The molecule has 0 radical (unpaired) electrons. The first kappa shape index (κ1) is 16.8. The van der Waals surface area contributed by atoms with Gasteiger partial charge >= 0.3 is 0 Å². The lowest BCUT2D eigenvalue weighted by atomic mass is 10.0. The Morgan fingerprint density at radius 2 is 2.04 bits per heavy atom. The van der Waals surface area contributed by atoms with Gasteiger partial charge in [0.1, 0.15) is 5.82 Å². The van der Waals surface area contributed by atoms with Crippen molar-refractivity contribution in [1.82, 2.24) is 15.5 Å². The average molecular weight is 341 g/mol. The fraction of sp³-hybridized carbons (Fsp3) is 0.167. The van der Waals surface area contributed by atoms with Crippen LogP contribution in [0.3, 0.4) is 0 Å². The van der Waals surface area contributed by atoms with Crippen LogP contribution in [0.15, 0.2) is 59.4 Å². The van der Waals surface area contributed by atoms with Crippen molar-refractivity contribution in [1.29, 1.82) is 0 Å². The molecule has 7 heteroatoms. The van der Waals surface area contributed by atoms with Crippen molar-refractivity contribution < 1.29 is 18.8 Å². The van der Waals surface area contributed by atoms with Gasteiger partial charge in [0, 0.05) is 24.0 Å². The van der Waals surface area contributed by atoms with Crippen LogP contribution in [0.25, 0.3) is 11.3 Å². The molecule has 3 aromatic rings. The molecule has 6 nitrogen and oxygen atoms in total. The molecular formula is C18H16FN3O3. The van der Waals surface area contributed by atoms with Crippen LogP contribution in [0.5, 0.6) is 0 Å². The van der Waals surface area contributed by atoms with Gasteiger partial charge in [-0.3, -0.25) is 9.78 Å². The van der Waals surface area contributed by atoms with E-state index < -0.39 is 23.9 Å². The summed E-state index contributed by atoms with van der Waals surface area (Å²) in [5.74, 6) is -0.448. The molecule has 2 heterocycles. The number of pyridine rings is 1. The number of hydrogen-bond donors (Lipinski definition) is 2. The van der Waals surface area contributed by atoms with E-state index in [4.69, 9.17) is 4.52 Å². The van der Waals surface area contributed by atoms with Crippen molar-refractivity contribution in [3.05, 3.63) is 71.9 Å². The molecule has 0 aliphatic rings. The number of benzene rings is 1. The Morgan fingerprint density at radius 3 is 2.72 bits per heavy atom. The third-order valence-corrected chi connectivity index (χ3v) is 3.73. The van der Waals surface area contributed by atoms with Crippen LogP contribution in [0, 0.1) is 5.82 Å². The molecule has 3 rings (SSSR count). The number of rotatable bonds is 5. The highest BCUT2D eigenvalue weighted by atomic mass is 19.1. The molecule has 128 valence electrons. The molecular weight excluding hydrogens is 325 g/mol. The van der Waals surface area contributed by atoms with Gasteiger partial charge in [0.15, 0.2) is 11.5 Å². The predicted octanol–water partition coefficient (Wildman–Crippen LogP) is 2.73. The number of aliphatic hydroxyl groups excluding tert-OH is 1. The zero-order chi connectivity index (χ0) is 17.8. The van der Waals surface area contributed by atoms with Crippen LogP contribution in [0.1, 0.15) is 29.1 Å². The third-order valence-electron chi connectivity index (χ3n) is 3.73. The highest BCUT2D eigenvalue weighted by Gasteiger charge is 2.21. The van der Waals surface area contributed by atoms with Crippen molar-refractivity contribution in [2.45, 2.75) is 19.1 Å². The van der Waals surface area contributed by atoms with Crippen LogP contribution in [0.2, 0.25) is 0 Å². The monoisotopic (exact) mass is 341 g/mol. The second-order valence-electron chi connectivity index (χ2n) is 5.58. The van der Waals surface area contributed by atoms with Crippen LogP contribution < -0.4 is 5.32 Å². The van der Waals surface area contributed by atoms with Gasteiger partial charge in [-0.2, -0.15) is 0 Å². The van der Waals surface area contributed by atoms with Crippen LogP contribution >= 0.6 is 0 Å². The van der Waals surface area contributed by atoms with Crippen molar-refractivity contribution in [2.24, 2.45) is 0 Å². The van der Waals surface area contributed by atoms with Crippen molar-refractivity contribution in [3.63, 3.8) is 0 Å². The van der Waals surface area contributed by atoms with E-state index in [0.717, 1.165) is 0 Å². The first-order chi connectivity index (χ1) is 12.0. The summed E-state index contributed by atoms with van der Waals surface area (Å²) in [6.45, 7) is 1.65. The molecule has 0 bridgehead atoms. The normalized spacial score (nSPS) is 13.2. The zero-order valence-electron chi connectivity index (χ0n) is 13.4. The van der Waals surface area contributed by atoms with Gasteiger partial charge in [0.05, 0.1) is 12.1 Å². The Balaban J connectivity index is 1.67. The molecule has 0 aliphatic carbocycles. The van der Waals surface area contributed by atoms with E-state index in [1.165, 1.54) is 30.3 Å². The number of nitrogens with one attached hydrogen (secondary N) is 1. The third kappa shape index (κ3) is 3.89. The number of carbonyl (C=O) groups excluding carboxylic acids is 1. The Morgan fingerprint density at radius 1 is 1.28 bits per heavy atom. The largest absolute Gasteiger partial charge is 0.386 e. The lowest BCUT2D eigenvalue weighted by Crippen LogP contribution is -2.37. The maximum Gasteiger partial charge on any atom is 0.273 e. The van der Waals surface area contributed by atoms with E-state index in [-0.39, 0.29) is 5.69 Å². The first-order valence-electron chi connectivity index (χ1n) is 7.66. The smallest absolute Gasteiger partial charge is 0.273 e. The molecule has 2 atom stereocenters. The number of aliphatic hydroxyl groups is 1. The number of amides is 1. The second kappa shape index (κ2) is 7.23. The Bertz CT molecular complexity index is 850. The van der Waals surface area contributed by atoms with Gasteiger partial charge in [0.25, 0.3) is 5.91 Å². The van der Waals surface area contributed by atoms with Gasteiger partial charge in [-0.25, -0.2) is 4.39 Å². The minimum absolute atomic E-state index is 0.0945. The molecule has 1 amide bonds. The topological polar surface area (TPSA) is 88.3 Å². The standard InChI is InChI=1S/C18H16FN3O3/c1-11(17(23)12-4-6-14(19)7-5-12)21-18(24)15-9-16(25-22-15)13-3-2-8-20-10-13/h2-11,17,23H,1H3,(H,21,24)/t11-,17-/m0/s1. The summed E-state index contributed by atoms with van der Waals surface area (Å²) in [5, 5.41) is 16.7. The average Bonchev–Trinajstić information content (AvgIpc) is 3.13. The molecule has 2 N–H and O–H groups in total. The van der Waals surface area contributed by atoms with E-state index >= 15 is 0 Å². The van der Waals surface area contributed by atoms with Gasteiger partial charge < -0.3 is 14.9 Å². The van der Waals surface area contributed by atoms with E-state index in [9.17, 15) is 14.3 Å². The minimum Gasteiger partial charge on any atom is -0.386 e. The lowest BCUT2D eigenvalue weighted by Gasteiger charge is -2.20. The summed E-state index contributed by atoms with van der Waals surface area (Å²) in [6.07, 6.45) is 2.25. The molecule has 0 saturated carbocycles. The van der Waals surface area contributed by atoms with Gasteiger partial charge in [-0.1, -0.05) is 17.3 Å². The maximum absolute atomic E-state index is 13.0. The summed E-state index contributed by atoms with van der Waals surface area (Å²) in [7, 11) is 0. The minimum atomic E-state index is -0.978. The molecule has 25 heavy (non-hydrogen) atoms. The van der Waals surface area contributed by atoms with Crippen molar-refractivity contribution >= 4 is 5.91 Å². The molecule has 0 unspecified atom stereocenters. The quantitative estimate of drug-likeness (QED) is 0.745. The summed E-state index contributed by atoms with van der Waals surface area (Å²) < 4.78 is 18.1. The molecule has 2 aromatic heterocycles. The first-order valence-corrected chi connectivity index (χ1v) is 7.66. The fourth-order valence-electron chi connectivity index (χ4n) is 2.34. The summed E-state index contributed by atoms with van der Waals surface area (Å²) in [5.41, 5.74) is 1.30. The SMILES string of the molecule is C[C@H](NC(=O)c1cc(-c2cccnc2)on1)[C@H](O)c1ccc(F)cc1. The van der Waals surface area contributed by atoms with E-state index in [1.807, 2.05) is 0 Å². The fourth-order valence-corrected chi connectivity index (χ4v) is 2.34. The molecule has 0 aliphatic heterocycles. The van der Waals surface area contributed by atoms with Crippen LogP contribution in [-0.4, -0.2) is 27.2 Å². The number of hydrogen-bond acceptors (Lipinski definition) is 5. The van der Waals surface area contributed by atoms with E-state index in [0.29, 0.717) is 16.9 Å². The summed E-state index contributed by atoms with van der Waals surface area (Å²) >= 11 is 0. The van der Waals surface area contributed by atoms with Crippen LogP contribution in [-0.2, 0) is 0 Å². The molecule has 0 saturated heterocycles. The highest BCUT2D eigenvalue weighted by Crippen LogP contribution is 2.20. The highest BCUT2D eigenvalue weighted by molar-refractivity contribution is 5.93. The molecule has 0 fully saturated rings. The lowest BCUT2D eigenvalue weighted by molar-refractivity contribution is 0.0843. The zero-order valence-corrected chi connectivity index (χ0v) is 13.4. The predicted molar refractivity (Wildman–Crippen MR) is 88.0 cm³/mol. The van der Waals surface area contributed by atoms with Crippen molar-refractivity contribution in [3.8, 4) is 11.3 Å². The number of carbonyl (C=O) groups is 1. The van der Waals surface area contributed by atoms with Gasteiger partial charge in [-0.05, 0) is 36.8 Å². The summed E-state index contributed by atoms with van der Waals surface area (Å²) in [4.78, 5) is 16.2. The number of halogens is 1. The Hall–Kier alpha value is -3.06. The summed E-state index contributed by atoms with van der Waals surface area (Å²) in [6, 6.07) is 9.89. The molecule has 1 aromatic carbocycles. The number of nitrogens with zero attached hydrogens (tertiary/aromatic N) is 2. The number of aromatic nitrogens is 2.